The van der Waals surface area contributed by atoms with Gasteiger partial charge in [-0.1, -0.05) is 13.8 Å². The molecule has 0 radical (unpaired) electrons. The number of nitrogens with one attached hydrogen (secondary N) is 1. The minimum Gasteiger partial charge on any atom is -0.347 e. The number of piperidine rings is 1. The summed E-state index contributed by atoms with van der Waals surface area (Å²) < 4.78 is 16.2. The third-order valence-electron chi connectivity index (χ3n) is 7.26. The van der Waals surface area contributed by atoms with Crippen LogP contribution < -0.4 is 5.32 Å². The third-order valence-corrected chi connectivity index (χ3v) is 8.25. The normalized spacial score (nSPS) is 23.2. The molecule has 5 heterocycles. The van der Waals surface area contributed by atoms with Crippen molar-refractivity contribution in [3.05, 3.63) is 40.1 Å². The Bertz CT molecular complexity index is 1130. The van der Waals surface area contributed by atoms with E-state index in [1.807, 2.05) is 0 Å². The molecule has 35 heavy (non-hydrogen) atoms. The number of rotatable bonds is 9. The summed E-state index contributed by atoms with van der Waals surface area (Å²) in [7, 11) is 0. The predicted octanol–water partition coefficient (Wildman–Crippen LogP) is 3.01. The Hall–Kier alpha value is -2.73. The lowest BCUT2D eigenvalue weighted by Crippen LogP contribution is -2.45. The van der Waals surface area contributed by atoms with Crippen molar-refractivity contribution in [3.8, 4) is 0 Å². The van der Waals surface area contributed by atoms with Gasteiger partial charge in [0.05, 0.1) is 6.04 Å². The number of nitrogens with zero attached hydrogens (tertiary/aromatic N) is 8. The Morgan fingerprint density at radius 2 is 1.97 bits per heavy atom. The fourth-order valence-corrected chi connectivity index (χ4v) is 6.58. The number of aryl methyl sites for hydroxylation is 1. The van der Waals surface area contributed by atoms with Crippen LogP contribution in [0.15, 0.2) is 18.5 Å². The van der Waals surface area contributed by atoms with Gasteiger partial charge in [0.2, 0.25) is 5.91 Å². The van der Waals surface area contributed by atoms with Crippen LogP contribution in [0.5, 0.6) is 0 Å². The molecule has 3 aromatic heterocycles. The summed E-state index contributed by atoms with van der Waals surface area (Å²) in [5, 5.41) is 22.9. The molecule has 2 bridgehead atoms. The maximum Gasteiger partial charge on any atom is 0.244 e. The first-order valence-corrected chi connectivity index (χ1v) is 13.1. The molecule has 10 nitrogen and oxygen atoms in total. The van der Waals surface area contributed by atoms with E-state index in [1.54, 1.807) is 6.07 Å². The zero-order valence-corrected chi connectivity index (χ0v) is 21.2. The Balaban J connectivity index is 1.25. The highest BCUT2D eigenvalue weighted by Crippen LogP contribution is 2.42. The molecule has 188 valence electrons. The Labute approximate surface area is 207 Å². The minimum atomic E-state index is -0.259. The van der Waals surface area contributed by atoms with E-state index in [0.717, 1.165) is 53.7 Å². The zero-order chi connectivity index (χ0) is 24.5. The van der Waals surface area contributed by atoms with E-state index in [2.05, 4.69) is 61.2 Å². The van der Waals surface area contributed by atoms with Gasteiger partial charge in [-0.25, -0.2) is 0 Å². The average molecular weight is 502 g/mol. The number of aromatic nitrogens is 7. The molecule has 0 unspecified atom stereocenters. The van der Waals surface area contributed by atoms with Crippen LogP contribution in [0.2, 0.25) is 0 Å². The molecule has 5 rings (SSSR count). The van der Waals surface area contributed by atoms with Gasteiger partial charge in [-0.05, 0) is 56.4 Å². The molecule has 12 heteroatoms. The molecule has 1 amide bonds. The molecule has 1 N–H and O–H groups in total. The quantitative estimate of drug-likeness (QED) is 0.480. The van der Waals surface area contributed by atoms with Crippen LogP contribution in [-0.2, 0) is 11.3 Å². The lowest BCUT2D eigenvalue weighted by molar-refractivity contribution is -0.122. The number of carbonyl (C=O) groups is 1. The van der Waals surface area contributed by atoms with Crippen molar-refractivity contribution in [1.82, 2.24) is 45.2 Å². The molecule has 0 aromatic carbocycles. The number of amides is 1. The number of hydrogen-bond acceptors (Lipinski definition) is 8. The fraction of sp³-hybridized carbons (Fsp3) is 0.652. The second-order valence-corrected chi connectivity index (χ2v) is 11.0. The lowest BCUT2D eigenvalue weighted by Gasteiger charge is -2.40. The van der Waals surface area contributed by atoms with Crippen LogP contribution >= 0.6 is 11.3 Å². The summed E-state index contributed by atoms with van der Waals surface area (Å²) in [6.45, 7) is 7.23. The van der Waals surface area contributed by atoms with Gasteiger partial charge < -0.3 is 9.88 Å². The highest BCUT2D eigenvalue weighted by molar-refractivity contribution is 7.10. The molecular formula is C23H32FN9OS. The van der Waals surface area contributed by atoms with Crippen molar-refractivity contribution in [2.45, 2.75) is 89.5 Å². The first-order chi connectivity index (χ1) is 16.9. The Kier molecular flexibility index (Phi) is 6.92. The van der Waals surface area contributed by atoms with Gasteiger partial charge in [0, 0.05) is 35.5 Å². The van der Waals surface area contributed by atoms with Crippen molar-refractivity contribution in [3.63, 3.8) is 0 Å². The maximum absolute atomic E-state index is 13.8. The van der Waals surface area contributed by atoms with Crippen molar-refractivity contribution >= 4 is 17.2 Å². The summed E-state index contributed by atoms with van der Waals surface area (Å²) >= 11 is 1.09. The third kappa shape index (κ3) is 5.13. The van der Waals surface area contributed by atoms with Gasteiger partial charge in [0.25, 0.3) is 0 Å². The van der Waals surface area contributed by atoms with Gasteiger partial charge in [0.1, 0.15) is 18.2 Å². The van der Waals surface area contributed by atoms with E-state index in [0.29, 0.717) is 24.0 Å². The number of carbonyl (C=O) groups excluding carboxylic acids is 1. The zero-order valence-electron chi connectivity index (χ0n) is 20.3. The highest BCUT2D eigenvalue weighted by atomic mass is 32.1. The molecular weight excluding hydrogens is 469 g/mol. The monoisotopic (exact) mass is 501 g/mol. The number of hydrogen-bond donors (Lipinski definition) is 1. The van der Waals surface area contributed by atoms with Crippen LogP contribution in [0.4, 0.5) is 4.39 Å². The molecule has 4 atom stereocenters. The fourth-order valence-electron chi connectivity index (χ4n) is 5.76. The Morgan fingerprint density at radius 3 is 2.60 bits per heavy atom. The van der Waals surface area contributed by atoms with Crippen LogP contribution in [0, 0.1) is 12.1 Å². The molecule has 2 saturated heterocycles. The second kappa shape index (κ2) is 10.1. The first-order valence-electron chi connectivity index (χ1n) is 12.3. The van der Waals surface area contributed by atoms with Crippen LogP contribution in [0.3, 0.4) is 0 Å². The summed E-state index contributed by atoms with van der Waals surface area (Å²) in [6.07, 6.45) is 6.54. The van der Waals surface area contributed by atoms with Gasteiger partial charge in [-0.2, -0.15) is 9.19 Å². The summed E-state index contributed by atoms with van der Waals surface area (Å²) in [6, 6.07) is 4.38. The molecule has 2 fully saturated rings. The summed E-state index contributed by atoms with van der Waals surface area (Å²) in [5.41, 5.74) is 0. The van der Waals surface area contributed by atoms with Crippen molar-refractivity contribution in [1.29, 1.82) is 0 Å². The first kappa shape index (κ1) is 24.0. The SMILES string of the molecule is Cc1nnc(C(C)C)n1[C@@H]1C[C@H]2CC[C@@H](C1)N2CC[C@H](NC(=O)Cn1ncnn1)c1ccc(F)s1. The van der Waals surface area contributed by atoms with E-state index >= 15 is 0 Å². The van der Waals surface area contributed by atoms with E-state index < -0.39 is 0 Å². The molecule has 0 spiro atoms. The minimum absolute atomic E-state index is 0.0164. The molecule has 3 aromatic rings. The lowest BCUT2D eigenvalue weighted by atomic mass is 9.95. The van der Waals surface area contributed by atoms with Crippen molar-refractivity contribution in [2.24, 2.45) is 0 Å². The van der Waals surface area contributed by atoms with Crippen LogP contribution in [-0.4, -0.2) is 64.4 Å². The number of tetrazole rings is 1. The molecule has 2 aliphatic rings. The molecule has 0 aliphatic carbocycles. The smallest absolute Gasteiger partial charge is 0.244 e. The average Bonchev–Trinajstić information content (AvgIpc) is 3.60. The van der Waals surface area contributed by atoms with Gasteiger partial charge in [-0.15, -0.1) is 31.7 Å². The summed E-state index contributed by atoms with van der Waals surface area (Å²) in [5.74, 6) is 2.20. The van der Waals surface area contributed by atoms with Crippen LogP contribution in [0.1, 0.15) is 80.5 Å². The molecule has 2 aliphatic heterocycles. The largest absolute Gasteiger partial charge is 0.347 e. The van der Waals surface area contributed by atoms with Crippen molar-refractivity contribution in [2.75, 3.05) is 6.54 Å². The highest BCUT2D eigenvalue weighted by Gasteiger charge is 2.42. The van der Waals surface area contributed by atoms with E-state index in [-0.39, 0.29) is 23.6 Å². The van der Waals surface area contributed by atoms with E-state index in [1.165, 1.54) is 30.0 Å². The van der Waals surface area contributed by atoms with Gasteiger partial charge in [0.15, 0.2) is 11.5 Å². The summed E-state index contributed by atoms with van der Waals surface area (Å²) in [4.78, 5) is 17.3. The maximum atomic E-state index is 13.8. The van der Waals surface area contributed by atoms with Gasteiger partial charge in [-0.3, -0.25) is 9.69 Å². The van der Waals surface area contributed by atoms with E-state index in [4.69, 9.17) is 0 Å². The predicted molar refractivity (Wildman–Crippen MR) is 128 cm³/mol. The topological polar surface area (TPSA) is 107 Å². The van der Waals surface area contributed by atoms with E-state index in [9.17, 15) is 9.18 Å². The van der Waals surface area contributed by atoms with Crippen molar-refractivity contribution < 1.29 is 9.18 Å². The van der Waals surface area contributed by atoms with Crippen LogP contribution in [0.25, 0.3) is 0 Å². The molecule has 0 saturated carbocycles. The second-order valence-electron chi connectivity index (χ2n) is 9.90. The number of thiophene rings is 1. The number of halogens is 1. The number of fused-ring (bicyclic) bond motifs is 2. The van der Waals surface area contributed by atoms with Gasteiger partial charge >= 0.3 is 0 Å². The standard InChI is InChI=1S/C23H32FN9OS/c1-14(2)23-29-28-15(3)33(23)18-10-16-4-5-17(11-18)31(16)9-8-19(20-6-7-21(24)35-20)27-22(34)12-32-26-13-25-30-32/h6-7,13-14,16-19H,4-5,8-12H2,1-3H3,(H,27,34)/t16-,17+,18-,19-/m0/s1. The Morgan fingerprint density at radius 1 is 1.20 bits per heavy atom.